The molecule has 0 fully saturated rings. The van der Waals surface area contributed by atoms with Crippen molar-refractivity contribution in [2.45, 2.75) is 32.6 Å². The molecule has 0 atom stereocenters. The molecule has 0 unspecified atom stereocenters. The van der Waals surface area contributed by atoms with E-state index in [4.69, 9.17) is 4.42 Å². The van der Waals surface area contributed by atoms with Gasteiger partial charge in [-0.05, 0) is 137 Å². The normalized spacial score (nSPS) is 13.7. The molecule has 9 aromatic carbocycles. The molecular formula is C55H40O. The highest BCUT2D eigenvalue weighted by Crippen LogP contribution is 2.54. The van der Waals surface area contributed by atoms with Gasteiger partial charge in [-0.25, -0.2) is 0 Å². The second kappa shape index (κ2) is 12.4. The molecule has 1 nitrogen and oxygen atoms in total. The van der Waals surface area contributed by atoms with Crippen LogP contribution in [0.2, 0.25) is 0 Å². The van der Waals surface area contributed by atoms with Gasteiger partial charge in [0.15, 0.2) is 0 Å². The van der Waals surface area contributed by atoms with Crippen molar-refractivity contribution in [1.82, 2.24) is 0 Å². The minimum absolute atomic E-state index is 0.166. The van der Waals surface area contributed by atoms with E-state index in [1.807, 2.05) is 6.07 Å². The lowest BCUT2D eigenvalue weighted by atomic mass is 9.80. The average Bonchev–Trinajstić information content (AvgIpc) is 3.70. The maximum absolute atomic E-state index is 6.30. The van der Waals surface area contributed by atoms with Crippen molar-refractivity contribution in [1.29, 1.82) is 0 Å². The zero-order valence-corrected chi connectivity index (χ0v) is 31.9. The Morgan fingerprint density at radius 2 is 1.11 bits per heavy atom. The first-order chi connectivity index (χ1) is 27.5. The molecule has 1 aromatic heterocycles. The maximum Gasteiger partial charge on any atom is 0.136 e. The fourth-order valence-electron chi connectivity index (χ4n) is 9.66. The van der Waals surface area contributed by atoms with Gasteiger partial charge in [0.1, 0.15) is 11.2 Å². The Balaban J connectivity index is 1.10. The van der Waals surface area contributed by atoms with Crippen molar-refractivity contribution in [3.05, 3.63) is 193 Å². The van der Waals surface area contributed by atoms with Gasteiger partial charge in [0.25, 0.3) is 0 Å². The fraction of sp³-hybridized carbons (Fsp3) is 0.0909. The molecule has 266 valence electrons. The van der Waals surface area contributed by atoms with E-state index in [1.165, 1.54) is 104 Å². The van der Waals surface area contributed by atoms with Crippen molar-refractivity contribution in [2.75, 3.05) is 0 Å². The lowest BCUT2D eigenvalue weighted by molar-refractivity contribution is 0.661. The number of furan rings is 1. The van der Waals surface area contributed by atoms with E-state index >= 15 is 0 Å². The van der Waals surface area contributed by atoms with Gasteiger partial charge >= 0.3 is 0 Å². The number of rotatable bonds is 5. The summed E-state index contributed by atoms with van der Waals surface area (Å²) in [6.45, 7) is 6.83. The van der Waals surface area contributed by atoms with Gasteiger partial charge < -0.3 is 4.42 Å². The number of allylic oxidation sites excluding steroid dienone is 4. The van der Waals surface area contributed by atoms with E-state index < -0.39 is 0 Å². The first-order valence-electron chi connectivity index (χ1n) is 19.8. The molecule has 0 aliphatic heterocycles. The van der Waals surface area contributed by atoms with Crippen LogP contribution in [0.25, 0.3) is 98.4 Å². The lowest BCUT2D eigenvalue weighted by Crippen LogP contribution is -2.15. The second-order valence-corrected chi connectivity index (χ2v) is 15.9. The molecule has 0 saturated heterocycles. The molecule has 11 rings (SSSR count). The summed E-state index contributed by atoms with van der Waals surface area (Å²) in [5.74, 6) is 0. The SMILES string of the molecule is C/C=C\C=C/Cc1ccc2ccc(-c3c4ccccc4c(-c4ccc5c(c4)C(C)(C)c4ccc6cc7oc8ccccc8c7cc6c4-5)c4ccccc34)cc2c1. The summed E-state index contributed by atoms with van der Waals surface area (Å²) in [5, 5.41) is 12.5. The highest BCUT2D eigenvalue weighted by atomic mass is 16.3. The molecule has 0 spiro atoms. The Labute approximate surface area is 326 Å². The van der Waals surface area contributed by atoms with E-state index in [1.54, 1.807) is 0 Å². The number of benzene rings is 9. The van der Waals surface area contributed by atoms with Crippen LogP contribution in [0, 0.1) is 0 Å². The molecule has 1 heterocycles. The van der Waals surface area contributed by atoms with Crippen LogP contribution < -0.4 is 0 Å². The van der Waals surface area contributed by atoms with E-state index in [-0.39, 0.29) is 5.41 Å². The van der Waals surface area contributed by atoms with Crippen LogP contribution >= 0.6 is 0 Å². The van der Waals surface area contributed by atoms with Crippen molar-refractivity contribution in [2.24, 2.45) is 0 Å². The van der Waals surface area contributed by atoms with E-state index in [0.29, 0.717) is 0 Å². The van der Waals surface area contributed by atoms with Crippen LogP contribution in [0.5, 0.6) is 0 Å². The highest BCUT2D eigenvalue weighted by Gasteiger charge is 2.37. The Morgan fingerprint density at radius 1 is 0.464 bits per heavy atom. The topological polar surface area (TPSA) is 13.1 Å². The lowest BCUT2D eigenvalue weighted by Gasteiger charge is -2.23. The smallest absolute Gasteiger partial charge is 0.136 e. The van der Waals surface area contributed by atoms with Crippen LogP contribution in [0.1, 0.15) is 37.5 Å². The molecule has 56 heavy (non-hydrogen) atoms. The number of para-hydroxylation sites is 1. The molecule has 10 aromatic rings. The molecule has 1 aliphatic carbocycles. The standard InChI is InChI=1S/C55H40O/c1-4-5-6-7-14-34-21-22-35-23-24-37(30-39(35)29-34)52-41-16-8-10-18-43(41)53(44-19-11-9-17-42(44)52)38-25-27-45-49(31-38)55(2,3)48-28-26-36-32-51-47(33-46(36)54(45)48)40-15-12-13-20-50(40)56-51/h4-13,15-33H,14H2,1-3H3/b5-4-,7-6-. The first-order valence-corrected chi connectivity index (χ1v) is 19.8. The predicted molar refractivity (Wildman–Crippen MR) is 240 cm³/mol. The summed E-state index contributed by atoms with van der Waals surface area (Å²) >= 11 is 0. The Bertz CT molecular complexity index is 3250. The summed E-state index contributed by atoms with van der Waals surface area (Å²) in [4.78, 5) is 0. The van der Waals surface area contributed by atoms with Gasteiger partial charge in [0.05, 0.1) is 0 Å². The maximum atomic E-state index is 6.30. The van der Waals surface area contributed by atoms with Gasteiger partial charge in [-0.2, -0.15) is 0 Å². The zero-order valence-electron chi connectivity index (χ0n) is 31.9. The summed E-state index contributed by atoms with van der Waals surface area (Å²) in [6, 6.07) is 56.7. The summed E-state index contributed by atoms with van der Waals surface area (Å²) in [6.07, 6.45) is 9.42. The van der Waals surface area contributed by atoms with Crippen molar-refractivity contribution in [3.8, 4) is 33.4 Å². The molecule has 1 aliphatic rings. The first kappa shape index (κ1) is 32.7. The molecule has 0 amide bonds. The van der Waals surface area contributed by atoms with Gasteiger partial charge in [0.2, 0.25) is 0 Å². The van der Waals surface area contributed by atoms with Gasteiger partial charge in [-0.15, -0.1) is 0 Å². The van der Waals surface area contributed by atoms with Crippen LogP contribution in [-0.2, 0) is 11.8 Å². The molecule has 0 radical (unpaired) electrons. The monoisotopic (exact) mass is 716 g/mol. The van der Waals surface area contributed by atoms with E-state index in [9.17, 15) is 0 Å². The molecule has 1 heteroatoms. The van der Waals surface area contributed by atoms with Crippen LogP contribution in [0.15, 0.2) is 180 Å². The second-order valence-electron chi connectivity index (χ2n) is 15.9. The summed E-state index contributed by atoms with van der Waals surface area (Å²) in [5.41, 5.74) is 13.5. The van der Waals surface area contributed by atoms with Crippen molar-refractivity contribution < 1.29 is 4.42 Å². The number of hydrogen-bond donors (Lipinski definition) is 0. The zero-order chi connectivity index (χ0) is 37.5. The van der Waals surface area contributed by atoms with Gasteiger partial charge in [-0.3, -0.25) is 0 Å². The number of hydrogen-bond acceptors (Lipinski definition) is 1. The molecule has 0 saturated carbocycles. The van der Waals surface area contributed by atoms with Crippen LogP contribution in [0.4, 0.5) is 0 Å². The summed E-state index contributed by atoms with van der Waals surface area (Å²) in [7, 11) is 0. The van der Waals surface area contributed by atoms with E-state index in [0.717, 1.165) is 17.6 Å². The van der Waals surface area contributed by atoms with Gasteiger partial charge in [-0.1, -0.05) is 159 Å². The predicted octanol–water partition coefficient (Wildman–Crippen LogP) is 15.5. The Hall–Kier alpha value is -6.70. The number of fused-ring (bicyclic) bond motifs is 11. The minimum Gasteiger partial charge on any atom is -0.456 e. The fourth-order valence-corrected chi connectivity index (χ4v) is 9.66. The molecule has 0 N–H and O–H groups in total. The van der Waals surface area contributed by atoms with Crippen LogP contribution in [-0.4, -0.2) is 0 Å². The Morgan fingerprint density at radius 3 is 1.84 bits per heavy atom. The molecule has 0 bridgehead atoms. The average molecular weight is 717 g/mol. The highest BCUT2D eigenvalue weighted by molar-refractivity contribution is 6.22. The van der Waals surface area contributed by atoms with Gasteiger partial charge in [0, 0.05) is 16.2 Å². The third-order valence-corrected chi connectivity index (χ3v) is 12.4. The van der Waals surface area contributed by atoms with Crippen molar-refractivity contribution in [3.63, 3.8) is 0 Å². The largest absolute Gasteiger partial charge is 0.456 e. The quantitative estimate of drug-likeness (QED) is 0.128. The van der Waals surface area contributed by atoms with Crippen LogP contribution in [0.3, 0.4) is 0 Å². The van der Waals surface area contributed by atoms with Crippen molar-refractivity contribution >= 4 is 65.0 Å². The molecular weight excluding hydrogens is 677 g/mol. The summed E-state index contributed by atoms with van der Waals surface area (Å²) < 4.78 is 6.30. The minimum atomic E-state index is -0.166. The third kappa shape index (κ3) is 4.87. The van der Waals surface area contributed by atoms with E-state index in [2.05, 4.69) is 191 Å². The third-order valence-electron chi connectivity index (χ3n) is 12.4. The Kier molecular flexibility index (Phi) is 7.25.